The number of fused-ring (bicyclic) bond motifs is 2. The van der Waals surface area contributed by atoms with Gasteiger partial charge in [-0.15, -0.1) is 0 Å². The van der Waals surface area contributed by atoms with Crippen LogP contribution in [0.5, 0.6) is 0 Å². The number of rotatable bonds is 4. The van der Waals surface area contributed by atoms with Crippen molar-refractivity contribution >= 4 is 11.5 Å². The van der Waals surface area contributed by atoms with Gasteiger partial charge in [-0.2, -0.15) is 9.61 Å². The quantitative estimate of drug-likeness (QED) is 0.513. The molecule has 0 unspecified atom stereocenters. The number of piperazine rings is 1. The van der Waals surface area contributed by atoms with E-state index in [1.165, 1.54) is 51.3 Å². The summed E-state index contributed by atoms with van der Waals surface area (Å²) < 4.78 is 2.16. The number of aromatic nitrogens is 3. The predicted octanol–water partition coefficient (Wildman–Crippen LogP) is 3.72. The lowest BCUT2D eigenvalue weighted by Crippen LogP contribution is -3.13. The molecule has 3 heterocycles. The van der Waals surface area contributed by atoms with E-state index >= 15 is 0 Å². The Morgan fingerprint density at radius 2 is 1.74 bits per heavy atom. The molecule has 2 aliphatic rings. The van der Waals surface area contributed by atoms with Crippen LogP contribution in [0.4, 0.5) is 5.82 Å². The minimum absolute atomic E-state index is 1.02. The second kappa shape index (κ2) is 8.55. The van der Waals surface area contributed by atoms with Gasteiger partial charge in [0.1, 0.15) is 12.4 Å². The Morgan fingerprint density at radius 3 is 2.50 bits per heavy atom. The molecule has 2 aromatic carbocycles. The number of aryl methyl sites for hydroxylation is 4. The molecule has 1 saturated heterocycles. The lowest BCUT2D eigenvalue weighted by Gasteiger charge is -2.34. The number of nitrogens with zero attached hydrogens (tertiary/aromatic N) is 4. The van der Waals surface area contributed by atoms with E-state index in [1.807, 2.05) is 0 Å². The SMILES string of the molecule is Cc1ccc(C[NH+]2CCN(c3c4c(nc5c(-c6ccccc6)c(C)nn35)CCC4)CC2)c(C)c1. The van der Waals surface area contributed by atoms with Crippen LogP contribution in [0.15, 0.2) is 48.5 Å². The molecule has 1 fully saturated rings. The second-order valence-electron chi connectivity index (χ2n) is 10.1. The zero-order valence-electron chi connectivity index (χ0n) is 20.6. The molecule has 1 aliphatic heterocycles. The maximum Gasteiger partial charge on any atom is 0.165 e. The van der Waals surface area contributed by atoms with Crippen molar-refractivity contribution in [3.63, 3.8) is 0 Å². The summed E-state index contributed by atoms with van der Waals surface area (Å²) in [6.45, 7) is 12.1. The smallest absolute Gasteiger partial charge is 0.165 e. The third kappa shape index (κ3) is 3.68. The average Bonchev–Trinajstić information content (AvgIpc) is 3.43. The van der Waals surface area contributed by atoms with Crippen LogP contribution in [-0.2, 0) is 19.4 Å². The van der Waals surface area contributed by atoms with E-state index in [1.54, 1.807) is 4.90 Å². The van der Waals surface area contributed by atoms with Gasteiger partial charge in [-0.3, -0.25) is 0 Å². The molecule has 1 aliphatic carbocycles. The van der Waals surface area contributed by atoms with Crippen molar-refractivity contribution < 1.29 is 4.90 Å². The number of quaternary nitrogens is 1. The van der Waals surface area contributed by atoms with Crippen LogP contribution in [0.1, 0.15) is 40.1 Å². The largest absolute Gasteiger partial charge is 0.345 e. The second-order valence-corrected chi connectivity index (χ2v) is 10.1. The molecular weight excluding hydrogens is 418 g/mol. The van der Waals surface area contributed by atoms with E-state index in [-0.39, 0.29) is 0 Å². The summed E-state index contributed by atoms with van der Waals surface area (Å²) >= 11 is 0. The minimum Gasteiger partial charge on any atom is -0.345 e. The van der Waals surface area contributed by atoms with Crippen molar-refractivity contribution in [1.29, 1.82) is 0 Å². The van der Waals surface area contributed by atoms with E-state index in [0.717, 1.165) is 56.9 Å². The lowest BCUT2D eigenvalue weighted by atomic mass is 10.0. The van der Waals surface area contributed by atoms with Crippen molar-refractivity contribution in [2.45, 2.75) is 46.6 Å². The van der Waals surface area contributed by atoms with Crippen LogP contribution in [0, 0.1) is 20.8 Å². The van der Waals surface area contributed by atoms with Gasteiger partial charge in [0.05, 0.1) is 31.9 Å². The van der Waals surface area contributed by atoms with Crippen LogP contribution < -0.4 is 9.80 Å². The Hall–Kier alpha value is -3.18. The minimum atomic E-state index is 1.02. The highest BCUT2D eigenvalue weighted by molar-refractivity contribution is 5.81. The fourth-order valence-corrected chi connectivity index (χ4v) is 5.91. The van der Waals surface area contributed by atoms with E-state index in [0.29, 0.717) is 0 Å². The number of anilines is 1. The lowest BCUT2D eigenvalue weighted by molar-refractivity contribution is -0.914. The third-order valence-corrected chi connectivity index (χ3v) is 7.71. The number of hydrogen-bond donors (Lipinski definition) is 1. The number of nitrogens with one attached hydrogen (secondary N) is 1. The molecule has 2 aromatic heterocycles. The molecule has 5 nitrogen and oxygen atoms in total. The summed E-state index contributed by atoms with van der Waals surface area (Å²) in [6, 6.07) is 17.5. The average molecular weight is 453 g/mol. The molecule has 0 bridgehead atoms. The van der Waals surface area contributed by atoms with Crippen LogP contribution in [0.25, 0.3) is 16.8 Å². The summed E-state index contributed by atoms with van der Waals surface area (Å²) in [5.41, 5.74) is 11.4. The van der Waals surface area contributed by atoms with E-state index in [4.69, 9.17) is 10.1 Å². The topological polar surface area (TPSA) is 37.9 Å². The molecule has 4 aromatic rings. The van der Waals surface area contributed by atoms with Crippen molar-refractivity contribution in [2.24, 2.45) is 0 Å². The molecule has 0 saturated carbocycles. The summed E-state index contributed by atoms with van der Waals surface area (Å²) in [6.07, 6.45) is 3.39. The van der Waals surface area contributed by atoms with Crippen molar-refractivity contribution in [3.05, 3.63) is 82.2 Å². The fraction of sp³-hybridized carbons (Fsp3) is 0.379. The van der Waals surface area contributed by atoms with Crippen molar-refractivity contribution in [3.8, 4) is 11.1 Å². The monoisotopic (exact) mass is 452 g/mol. The summed E-state index contributed by atoms with van der Waals surface area (Å²) in [7, 11) is 0. The van der Waals surface area contributed by atoms with Crippen LogP contribution >= 0.6 is 0 Å². The standard InChI is InChI=1S/C29H33N5/c1-20-12-13-24(21(2)18-20)19-32-14-16-33(17-15-32)29-25-10-7-11-26(25)30-28-27(22(3)31-34(28)29)23-8-5-4-6-9-23/h4-6,8-9,12-13,18H,7,10-11,14-17,19H2,1-3H3/p+1. The van der Waals surface area contributed by atoms with Gasteiger partial charge >= 0.3 is 0 Å². The molecular formula is C29H34N5+. The summed E-state index contributed by atoms with van der Waals surface area (Å²) in [5.74, 6) is 1.30. The molecule has 0 atom stereocenters. The maximum absolute atomic E-state index is 5.16. The Morgan fingerprint density at radius 1 is 0.941 bits per heavy atom. The van der Waals surface area contributed by atoms with E-state index < -0.39 is 0 Å². The molecule has 174 valence electrons. The zero-order valence-corrected chi connectivity index (χ0v) is 20.6. The summed E-state index contributed by atoms with van der Waals surface area (Å²) in [4.78, 5) is 9.43. The van der Waals surface area contributed by atoms with Gasteiger partial charge in [0, 0.05) is 22.4 Å². The molecule has 5 heteroatoms. The van der Waals surface area contributed by atoms with Gasteiger partial charge in [-0.25, -0.2) is 4.98 Å². The van der Waals surface area contributed by atoms with Crippen LogP contribution in [0.2, 0.25) is 0 Å². The van der Waals surface area contributed by atoms with Crippen molar-refractivity contribution in [1.82, 2.24) is 14.6 Å². The fourth-order valence-electron chi connectivity index (χ4n) is 5.91. The Bertz CT molecular complexity index is 1350. The Labute approximate surface area is 202 Å². The first-order valence-electron chi connectivity index (χ1n) is 12.7. The first-order chi connectivity index (χ1) is 16.6. The summed E-state index contributed by atoms with van der Waals surface area (Å²) in [5, 5.41) is 5.05. The van der Waals surface area contributed by atoms with Gasteiger partial charge in [0.25, 0.3) is 0 Å². The predicted molar refractivity (Wildman–Crippen MR) is 138 cm³/mol. The third-order valence-electron chi connectivity index (χ3n) is 7.71. The van der Waals surface area contributed by atoms with Gasteiger partial charge in [-0.1, -0.05) is 54.1 Å². The number of hydrogen-bond acceptors (Lipinski definition) is 3. The molecule has 34 heavy (non-hydrogen) atoms. The van der Waals surface area contributed by atoms with Crippen LogP contribution in [-0.4, -0.2) is 40.8 Å². The number of benzene rings is 2. The molecule has 6 rings (SSSR count). The Kier molecular flexibility index (Phi) is 5.37. The molecule has 0 amide bonds. The highest BCUT2D eigenvalue weighted by Crippen LogP contribution is 2.35. The van der Waals surface area contributed by atoms with E-state index in [2.05, 4.69) is 78.7 Å². The molecule has 1 N–H and O–H groups in total. The first-order valence-corrected chi connectivity index (χ1v) is 12.7. The Balaban J connectivity index is 1.32. The maximum atomic E-state index is 5.16. The van der Waals surface area contributed by atoms with Gasteiger partial charge in [0.15, 0.2) is 5.65 Å². The highest BCUT2D eigenvalue weighted by atomic mass is 15.4. The van der Waals surface area contributed by atoms with Gasteiger partial charge in [-0.05, 0) is 51.2 Å². The molecule has 0 spiro atoms. The first kappa shape index (κ1) is 21.4. The van der Waals surface area contributed by atoms with Crippen LogP contribution in [0.3, 0.4) is 0 Å². The van der Waals surface area contributed by atoms with Gasteiger partial charge in [0.2, 0.25) is 0 Å². The van der Waals surface area contributed by atoms with Crippen molar-refractivity contribution in [2.75, 3.05) is 31.1 Å². The highest BCUT2D eigenvalue weighted by Gasteiger charge is 2.30. The molecule has 0 radical (unpaired) electrons. The zero-order chi connectivity index (χ0) is 23.2. The van der Waals surface area contributed by atoms with E-state index in [9.17, 15) is 0 Å². The normalized spacial score (nSPS) is 16.4. The van der Waals surface area contributed by atoms with Gasteiger partial charge < -0.3 is 9.80 Å².